The molecule has 2 fully saturated rings. The average molecular weight is 297 g/mol. The normalized spacial score (nSPS) is 28.1. The van der Waals surface area contributed by atoms with Gasteiger partial charge in [0.15, 0.2) is 5.16 Å². The summed E-state index contributed by atoms with van der Waals surface area (Å²) in [5, 5.41) is 18.0. The third-order valence-electron chi connectivity index (χ3n) is 3.94. The number of aliphatic carboxylic acids is 1. The van der Waals surface area contributed by atoms with Crippen molar-refractivity contribution in [3.63, 3.8) is 0 Å². The molecular weight excluding hydrogens is 278 g/mol. The Morgan fingerprint density at radius 1 is 1.50 bits per heavy atom. The van der Waals surface area contributed by atoms with Crippen molar-refractivity contribution in [3.8, 4) is 0 Å². The maximum Gasteiger partial charge on any atom is 0.313 e. The molecule has 0 aromatic carbocycles. The first-order valence-electron chi connectivity index (χ1n) is 7.13. The van der Waals surface area contributed by atoms with E-state index in [0.29, 0.717) is 6.10 Å². The lowest BCUT2D eigenvalue weighted by atomic mass is 9.95. The highest BCUT2D eigenvalue weighted by Gasteiger charge is 2.43. The van der Waals surface area contributed by atoms with Crippen molar-refractivity contribution in [1.29, 1.82) is 0 Å². The van der Waals surface area contributed by atoms with Crippen molar-refractivity contribution in [3.05, 3.63) is 5.82 Å². The summed E-state index contributed by atoms with van der Waals surface area (Å²) in [5.41, 5.74) is 0. The summed E-state index contributed by atoms with van der Waals surface area (Å²) in [6, 6.07) is 0.279. The summed E-state index contributed by atoms with van der Waals surface area (Å²) in [4.78, 5) is 10.8. The van der Waals surface area contributed by atoms with Gasteiger partial charge in [0.25, 0.3) is 0 Å². The summed E-state index contributed by atoms with van der Waals surface area (Å²) in [7, 11) is 0. The van der Waals surface area contributed by atoms with Crippen LogP contribution >= 0.6 is 11.8 Å². The van der Waals surface area contributed by atoms with Gasteiger partial charge < -0.3 is 14.4 Å². The van der Waals surface area contributed by atoms with E-state index in [9.17, 15) is 4.79 Å². The summed E-state index contributed by atoms with van der Waals surface area (Å²) < 4.78 is 8.06. The first-order valence-corrected chi connectivity index (χ1v) is 8.11. The lowest BCUT2D eigenvalue weighted by Crippen LogP contribution is -2.23. The molecule has 2 aliphatic heterocycles. The van der Waals surface area contributed by atoms with Crippen molar-refractivity contribution in [2.75, 3.05) is 5.75 Å². The first-order chi connectivity index (χ1) is 9.69. The van der Waals surface area contributed by atoms with Crippen LogP contribution in [0.3, 0.4) is 0 Å². The van der Waals surface area contributed by atoms with Gasteiger partial charge in [-0.1, -0.05) is 18.7 Å². The molecule has 2 bridgehead atoms. The molecule has 0 radical (unpaired) electrons. The lowest BCUT2D eigenvalue weighted by Gasteiger charge is -2.23. The van der Waals surface area contributed by atoms with E-state index in [0.717, 1.165) is 43.1 Å². The minimum Gasteiger partial charge on any atom is -0.481 e. The highest BCUT2D eigenvalue weighted by atomic mass is 32.2. The standard InChI is InChI=1S/C13H19N3O3S/c1-2-3-11-14-15-13(20-7-12(17)18)16(11)9-6-8-4-5-10(9)19-8/h8-10H,2-7H2,1H3,(H,17,18). The van der Waals surface area contributed by atoms with Gasteiger partial charge in [-0.3, -0.25) is 4.79 Å². The second-order valence-electron chi connectivity index (χ2n) is 5.38. The number of nitrogens with zero attached hydrogens (tertiary/aromatic N) is 3. The highest BCUT2D eigenvalue weighted by Crippen LogP contribution is 2.43. The number of ether oxygens (including phenoxy) is 1. The SMILES string of the molecule is CCCc1nnc(SCC(=O)O)n1C1CC2CCC1O2. The molecule has 0 amide bonds. The van der Waals surface area contributed by atoms with E-state index in [2.05, 4.69) is 21.7 Å². The Morgan fingerprint density at radius 2 is 2.35 bits per heavy atom. The van der Waals surface area contributed by atoms with E-state index in [1.54, 1.807) is 0 Å². The fourth-order valence-electron chi connectivity index (χ4n) is 3.14. The number of carboxylic acid groups (broad SMARTS) is 1. The summed E-state index contributed by atoms with van der Waals surface area (Å²) in [6.45, 7) is 2.11. The summed E-state index contributed by atoms with van der Waals surface area (Å²) >= 11 is 1.25. The first kappa shape index (κ1) is 13.9. The van der Waals surface area contributed by atoms with Crippen LogP contribution < -0.4 is 0 Å². The second-order valence-corrected chi connectivity index (χ2v) is 6.32. The number of carboxylic acids is 1. The number of carbonyl (C=O) groups is 1. The Morgan fingerprint density at radius 3 is 2.95 bits per heavy atom. The van der Waals surface area contributed by atoms with Crippen molar-refractivity contribution in [2.24, 2.45) is 0 Å². The average Bonchev–Trinajstić information content (AvgIpc) is 3.10. The van der Waals surface area contributed by atoms with Crippen LogP contribution in [0.5, 0.6) is 0 Å². The summed E-state index contributed by atoms with van der Waals surface area (Å²) in [5.74, 6) is 0.152. The Hall–Kier alpha value is -1.08. The van der Waals surface area contributed by atoms with Crippen LogP contribution in [-0.4, -0.2) is 43.8 Å². The molecule has 20 heavy (non-hydrogen) atoms. The maximum atomic E-state index is 10.8. The largest absolute Gasteiger partial charge is 0.481 e. The van der Waals surface area contributed by atoms with Crippen LogP contribution in [-0.2, 0) is 16.0 Å². The van der Waals surface area contributed by atoms with Gasteiger partial charge in [-0.15, -0.1) is 10.2 Å². The Balaban J connectivity index is 1.85. The van der Waals surface area contributed by atoms with E-state index in [4.69, 9.17) is 9.84 Å². The fraction of sp³-hybridized carbons (Fsp3) is 0.769. The monoisotopic (exact) mass is 297 g/mol. The zero-order chi connectivity index (χ0) is 14.1. The molecule has 1 aromatic heterocycles. The van der Waals surface area contributed by atoms with Crippen molar-refractivity contribution >= 4 is 17.7 Å². The Labute approximate surface area is 121 Å². The van der Waals surface area contributed by atoms with E-state index in [1.165, 1.54) is 11.8 Å². The third kappa shape index (κ3) is 2.56. The molecule has 6 nitrogen and oxygen atoms in total. The van der Waals surface area contributed by atoms with Crippen LogP contribution in [0.2, 0.25) is 0 Å². The minimum atomic E-state index is -0.828. The lowest BCUT2D eigenvalue weighted by molar-refractivity contribution is -0.133. The Kier molecular flexibility index (Phi) is 3.98. The molecule has 0 aliphatic carbocycles. The molecular formula is C13H19N3O3S. The molecule has 0 spiro atoms. The zero-order valence-electron chi connectivity index (χ0n) is 11.5. The molecule has 3 rings (SSSR count). The highest BCUT2D eigenvalue weighted by molar-refractivity contribution is 7.99. The van der Waals surface area contributed by atoms with E-state index < -0.39 is 5.97 Å². The van der Waals surface area contributed by atoms with Gasteiger partial charge in [-0.25, -0.2) is 0 Å². The van der Waals surface area contributed by atoms with E-state index >= 15 is 0 Å². The number of hydrogen-bond acceptors (Lipinski definition) is 5. The predicted octanol–water partition coefficient (Wildman–Crippen LogP) is 1.90. The number of fused-ring (bicyclic) bond motifs is 2. The van der Waals surface area contributed by atoms with Gasteiger partial charge in [0.05, 0.1) is 24.0 Å². The molecule has 7 heteroatoms. The van der Waals surface area contributed by atoms with Crippen molar-refractivity contribution in [2.45, 2.75) is 62.4 Å². The Bertz CT molecular complexity index is 505. The number of aryl methyl sites for hydroxylation is 1. The topological polar surface area (TPSA) is 77.2 Å². The zero-order valence-corrected chi connectivity index (χ0v) is 12.3. The van der Waals surface area contributed by atoms with Gasteiger partial charge in [0.1, 0.15) is 5.82 Å². The smallest absolute Gasteiger partial charge is 0.313 e. The molecule has 3 heterocycles. The molecule has 1 aromatic rings. The summed E-state index contributed by atoms with van der Waals surface area (Å²) in [6.07, 6.45) is 5.71. The maximum absolute atomic E-state index is 10.8. The van der Waals surface area contributed by atoms with Crippen LogP contribution in [0.15, 0.2) is 5.16 Å². The molecule has 2 aliphatic rings. The molecule has 1 N–H and O–H groups in total. The number of rotatable bonds is 6. The fourth-order valence-corrected chi connectivity index (χ4v) is 3.87. The van der Waals surface area contributed by atoms with Crippen LogP contribution in [0.4, 0.5) is 0 Å². The van der Waals surface area contributed by atoms with Gasteiger partial charge in [-0.2, -0.15) is 0 Å². The second kappa shape index (κ2) is 5.73. The quantitative estimate of drug-likeness (QED) is 0.808. The number of thioether (sulfide) groups is 1. The van der Waals surface area contributed by atoms with Gasteiger partial charge >= 0.3 is 5.97 Å². The van der Waals surface area contributed by atoms with Gasteiger partial charge in [0, 0.05) is 6.42 Å². The van der Waals surface area contributed by atoms with Gasteiger partial charge in [-0.05, 0) is 25.7 Å². The minimum absolute atomic E-state index is 0.0198. The van der Waals surface area contributed by atoms with Crippen LogP contribution in [0.25, 0.3) is 0 Å². The number of hydrogen-bond donors (Lipinski definition) is 1. The molecule has 110 valence electrons. The number of aromatic nitrogens is 3. The molecule has 3 atom stereocenters. The van der Waals surface area contributed by atoms with Crippen molar-refractivity contribution < 1.29 is 14.6 Å². The van der Waals surface area contributed by atoms with Crippen LogP contribution in [0, 0.1) is 0 Å². The van der Waals surface area contributed by atoms with Crippen molar-refractivity contribution in [1.82, 2.24) is 14.8 Å². The predicted molar refractivity (Wildman–Crippen MR) is 73.9 cm³/mol. The van der Waals surface area contributed by atoms with E-state index in [1.807, 2.05) is 0 Å². The molecule has 0 saturated carbocycles. The third-order valence-corrected chi connectivity index (χ3v) is 4.87. The molecule has 3 unspecified atom stereocenters. The van der Waals surface area contributed by atoms with Crippen LogP contribution in [0.1, 0.15) is 44.5 Å². The van der Waals surface area contributed by atoms with E-state index in [-0.39, 0.29) is 17.9 Å². The van der Waals surface area contributed by atoms with Gasteiger partial charge in [0.2, 0.25) is 0 Å². The molecule has 2 saturated heterocycles.